The van der Waals surface area contributed by atoms with E-state index < -0.39 is 0 Å². The molecule has 4 aromatic rings. The standard InChI is InChI=1S/2C14H14FNO/c2*15-13-4-3-11(14-12(13)6-9-17-14)10-2-1-7-16-8-5-10/h3-6,9,16H,1-2,7-8H2;2-4,6,9,16H,1,5,7-8H2. The zero-order valence-corrected chi connectivity index (χ0v) is 19.0. The molecule has 2 aromatic carbocycles. The van der Waals surface area contributed by atoms with Gasteiger partial charge in [0, 0.05) is 17.7 Å². The van der Waals surface area contributed by atoms with Crippen molar-refractivity contribution in [1.82, 2.24) is 10.6 Å². The molecule has 0 amide bonds. The maximum Gasteiger partial charge on any atom is 0.144 e. The van der Waals surface area contributed by atoms with Crippen LogP contribution in [0, 0.1) is 11.6 Å². The molecule has 2 N–H and O–H groups in total. The zero-order chi connectivity index (χ0) is 23.3. The molecule has 0 saturated carbocycles. The maximum atomic E-state index is 13.6. The lowest BCUT2D eigenvalue weighted by atomic mass is 9.99. The minimum atomic E-state index is -0.218. The zero-order valence-electron chi connectivity index (χ0n) is 19.0. The molecule has 0 radical (unpaired) electrons. The normalized spacial score (nSPS) is 16.9. The van der Waals surface area contributed by atoms with E-state index in [9.17, 15) is 8.78 Å². The highest BCUT2D eigenvalue weighted by Gasteiger charge is 2.14. The van der Waals surface area contributed by atoms with E-state index in [-0.39, 0.29) is 11.6 Å². The van der Waals surface area contributed by atoms with Crippen molar-refractivity contribution in [3.63, 3.8) is 0 Å². The molecule has 0 atom stereocenters. The Morgan fingerprint density at radius 1 is 0.647 bits per heavy atom. The second-order valence-corrected chi connectivity index (χ2v) is 8.57. The number of fused-ring (bicyclic) bond motifs is 2. The summed E-state index contributed by atoms with van der Waals surface area (Å²) in [5.41, 5.74) is 5.87. The van der Waals surface area contributed by atoms with E-state index in [0.29, 0.717) is 21.9 Å². The Morgan fingerprint density at radius 3 is 1.97 bits per heavy atom. The van der Waals surface area contributed by atoms with Crippen LogP contribution >= 0.6 is 0 Å². The second-order valence-electron chi connectivity index (χ2n) is 8.57. The lowest BCUT2D eigenvalue weighted by Gasteiger charge is -2.06. The number of halogens is 2. The van der Waals surface area contributed by atoms with Gasteiger partial charge in [0.1, 0.15) is 22.8 Å². The first kappa shape index (κ1) is 22.6. The Labute approximate surface area is 197 Å². The van der Waals surface area contributed by atoms with Gasteiger partial charge in [0.05, 0.1) is 23.3 Å². The lowest BCUT2D eigenvalue weighted by Crippen LogP contribution is -2.13. The van der Waals surface area contributed by atoms with E-state index >= 15 is 0 Å². The quantitative estimate of drug-likeness (QED) is 0.349. The van der Waals surface area contributed by atoms with Gasteiger partial charge in [-0.3, -0.25) is 0 Å². The predicted molar refractivity (Wildman–Crippen MR) is 133 cm³/mol. The van der Waals surface area contributed by atoms with Crippen molar-refractivity contribution in [2.24, 2.45) is 0 Å². The highest BCUT2D eigenvalue weighted by molar-refractivity contribution is 5.91. The molecular formula is C28H28F2N2O2. The molecule has 0 spiro atoms. The summed E-state index contributed by atoms with van der Waals surface area (Å²) in [6.07, 6.45) is 11.6. The maximum absolute atomic E-state index is 13.6. The Morgan fingerprint density at radius 2 is 1.29 bits per heavy atom. The molecule has 6 rings (SSSR count). The summed E-state index contributed by atoms with van der Waals surface area (Å²) in [5.74, 6) is -0.435. The Hall–Kier alpha value is -3.22. The Balaban J connectivity index is 0.000000142. The Bertz CT molecular complexity index is 1250. The van der Waals surface area contributed by atoms with E-state index in [2.05, 4.69) is 22.8 Å². The van der Waals surface area contributed by atoms with E-state index in [1.807, 2.05) is 12.1 Å². The van der Waals surface area contributed by atoms with Gasteiger partial charge in [0.2, 0.25) is 0 Å². The molecule has 34 heavy (non-hydrogen) atoms. The first-order valence-corrected chi connectivity index (χ1v) is 11.8. The van der Waals surface area contributed by atoms with Gasteiger partial charge in [0.25, 0.3) is 0 Å². The molecule has 0 saturated heterocycles. The van der Waals surface area contributed by atoms with Crippen LogP contribution in [0.2, 0.25) is 0 Å². The van der Waals surface area contributed by atoms with Gasteiger partial charge < -0.3 is 19.5 Å². The molecular weight excluding hydrogens is 434 g/mol. The summed E-state index contributed by atoms with van der Waals surface area (Å²) < 4.78 is 38.0. The lowest BCUT2D eigenvalue weighted by molar-refractivity contribution is 0.608. The van der Waals surface area contributed by atoms with Crippen molar-refractivity contribution < 1.29 is 17.6 Å². The molecule has 0 aliphatic carbocycles. The van der Waals surface area contributed by atoms with E-state index in [0.717, 1.165) is 63.0 Å². The van der Waals surface area contributed by atoms with Crippen LogP contribution in [0.1, 0.15) is 36.8 Å². The Kier molecular flexibility index (Phi) is 6.88. The number of hydrogen-bond acceptors (Lipinski definition) is 4. The smallest absolute Gasteiger partial charge is 0.144 e. The molecule has 6 heteroatoms. The van der Waals surface area contributed by atoms with E-state index in [1.165, 1.54) is 23.3 Å². The van der Waals surface area contributed by atoms with Crippen molar-refractivity contribution in [3.8, 4) is 0 Å². The number of hydrogen-bond donors (Lipinski definition) is 2. The minimum Gasteiger partial charge on any atom is -0.464 e. The molecule has 4 nitrogen and oxygen atoms in total. The fraction of sp³-hybridized carbons (Fsp3) is 0.286. The molecule has 4 heterocycles. The van der Waals surface area contributed by atoms with Gasteiger partial charge in [0.15, 0.2) is 0 Å². The largest absolute Gasteiger partial charge is 0.464 e. The third kappa shape index (κ3) is 4.69. The highest BCUT2D eigenvalue weighted by Crippen LogP contribution is 2.31. The highest BCUT2D eigenvalue weighted by atomic mass is 19.1. The summed E-state index contributed by atoms with van der Waals surface area (Å²) in [6.45, 7) is 3.87. The number of nitrogens with one attached hydrogen (secondary N) is 2. The van der Waals surface area contributed by atoms with Gasteiger partial charge in [-0.05, 0) is 92.9 Å². The SMILES string of the molecule is Fc1ccc(C2=CCCNCC2)c2occc12.Fc1ccc(C2=CCNCCC2)c2occc12. The molecule has 0 unspecified atom stereocenters. The summed E-state index contributed by atoms with van der Waals surface area (Å²) in [5, 5.41) is 7.80. The fourth-order valence-corrected chi connectivity index (χ4v) is 4.65. The number of furan rings is 2. The summed E-state index contributed by atoms with van der Waals surface area (Å²) in [7, 11) is 0. The van der Waals surface area contributed by atoms with E-state index in [1.54, 1.807) is 24.7 Å². The first-order valence-electron chi connectivity index (χ1n) is 11.8. The monoisotopic (exact) mass is 462 g/mol. The van der Waals surface area contributed by atoms with Crippen molar-refractivity contribution in [2.45, 2.75) is 25.7 Å². The first-order chi connectivity index (χ1) is 16.7. The number of benzene rings is 2. The average molecular weight is 463 g/mol. The van der Waals surface area contributed by atoms with Crippen LogP contribution in [-0.2, 0) is 0 Å². The van der Waals surface area contributed by atoms with Crippen LogP contribution in [0.15, 0.2) is 69.9 Å². The van der Waals surface area contributed by atoms with Crippen LogP contribution in [0.5, 0.6) is 0 Å². The van der Waals surface area contributed by atoms with Gasteiger partial charge in [-0.1, -0.05) is 12.2 Å². The molecule has 0 bridgehead atoms. The van der Waals surface area contributed by atoms with Crippen LogP contribution in [0.4, 0.5) is 8.78 Å². The molecule has 176 valence electrons. The summed E-state index contributed by atoms with van der Waals surface area (Å²) in [6, 6.07) is 10.0. The molecule has 2 aliphatic rings. The second kappa shape index (κ2) is 10.4. The third-order valence-corrected chi connectivity index (χ3v) is 6.39. The van der Waals surface area contributed by atoms with Crippen molar-refractivity contribution in [1.29, 1.82) is 0 Å². The summed E-state index contributed by atoms with van der Waals surface area (Å²) >= 11 is 0. The van der Waals surface area contributed by atoms with Gasteiger partial charge >= 0.3 is 0 Å². The molecule has 0 fully saturated rings. The van der Waals surface area contributed by atoms with Gasteiger partial charge in [-0.15, -0.1) is 0 Å². The van der Waals surface area contributed by atoms with Crippen LogP contribution < -0.4 is 10.6 Å². The van der Waals surface area contributed by atoms with Crippen LogP contribution in [0.25, 0.3) is 33.1 Å². The van der Waals surface area contributed by atoms with Crippen molar-refractivity contribution in [3.05, 3.63) is 83.8 Å². The van der Waals surface area contributed by atoms with Crippen molar-refractivity contribution in [2.75, 3.05) is 26.2 Å². The van der Waals surface area contributed by atoms with Crippen molar-refractivity contribution >= 4 is 33.1 Å². The molecule has 2 aromatic heterocycles. The summed E-state index contributed by atoms with van der Waals surface area (Å²) in [4.78, 5) is 0. The van der Waals surface area contributed by atoms with Crippen LogP contribution in [-0.4, -0.2) is 26.2 Å². The van der Waals surface area contributed by atoms with Gasteiger partial charge in [-0.25, -0.2) is 8.78 Å². The fourth-order valence-electron chi connectivity index (χ4n) is 4.65. The van der Waals surface area contributed by atoms with Crippen LogP contribution in [0.3, 0.4) is 0 Å². The predicted octanol–water partition coefficient (Wildman–Crippen LogP) is 6.68. The number of allylic oxidation sites excluding steroid dienone is 1. The topological polar surface area (TPSA) is 50.3 Å². The van der Waals surface area contributed by atoms with Gasteiger partial charge in [-0.2, -0.15) is 0 Å². The minimum absolute atomic E-state index is 0.218. The average Bonchev–Trinajstić information content (AvgIpc) is 3.37. The molecule has 2 aliphatic heterocycles. The van der Waals surface area contributed by atoms with E-state index in [4.69, 9.17) is 8.83 Å². The third-order valence-electron chi connectivity index (χ3n) is 6.39. The number of rotatable bonds is 2.